The van der Waals surface area contributed by atoms with Crippen LogP contribution in [0.15, 0.2) is 21.5 Å². The zero-order valence-corrected chi connectivity index (χ0v) is 14.6. The van der Waals surface area contributed by atoms with Gasteiger partial charge < -0.3 is 4.74 Å². The molecule has 2 atom stereocenters. The van der Waals surface area contributed by atoms with Crippen molar-refractivity contribution >= 4 is 49.2 Å². The molecule has 1 heterocycles. The Morgan fingerprint density at radius 1 is 1.35 bits per heavy atom. The van der Waals surface area contributed by atoms with Gasteiger partial charge in [-0.15, -0.1) is 0 Å². The second kappa shape index (κ2) is 6.50. The van der Waals surface area contributed by atoms with Gasteiger partial charge in [-0.2, -0.15) is 0 Å². The molecule has 112 valence electrons. The normalized spacial score (nSPS) is 23.8. The molecule has 2 rings (SSSR count). The average molecular weight is 403 g/mol. The molecule has 0 aliphatic carbocycles. The van der Waals surface area contributed by atoms with Crippen LogP contribution in [0.4, 0.5) is 0 Å². The molecule has 0 radical (unpaired) electrons. The fourth-order valence-electron chi connectivity index (χ4n) is 2.17. The van der Waals surface area contributed by atoms with Crippen molar-refractivity contribution in [3.63, 3.8) is 0 Å². The SMILES string of the molecule is CC1CC(NS(=O)(=O)c2c(Cl)cc(Br)cc2Cl)CCO1. The number of benzene rings is 1. The van der Waals surface area contributed by atoms with Gasteiger partial charge in [0.1, 0.15) is 4.90 Å². The van der Waals surface area contributed by atoms with Crippen LogP contribution in [0.25, 0.3) is 0 Å². The van der Waals surface area contributed by atoms with E-state index < -0.39 is 10.0 Å². The van der Waals surface area contributed by atoms with Gasteiger partial charge in [0.2, 0.25) is 10.0 Å². The summed E-state index contributed by atoms with van der Waals surface area (Å²) in [6.07, 6.45) is 1.30. The molecule has 1 fully saturated rings. The minimum Gasteiger partial charge on any atom is -0.378 e. The van der Waals surface area contributed by atoms with Gasteiger partial charge in [-0.05, 0) is 31.9 Å². The highest BCUT2D eigenvalue weighted by Crippen LogP contribution is 2.33. The van der Waals surface area contributed by atoms with Gasteiger partial charge in [-0.1, -0.05) is 39.1 Å². The Morgan fingerprint density at radius 2 is 1.95 bits per heavy atom. The van der Waals surface area contributed by atoms with E-state index in [0.29, 0.717) is 23.9 Å². The predicted octanol–water partition coefficient (Wildman–Crippen LogP) is 3.60. The lowest BCUT2D eigenvalue weighted by molar-refractivity contribution is 0.0173. The fourth-order valence-corrected chi connectivity index (χ4v) is 5.39. The minimum atomic E-state index is -3.75. The van der Waals surface area contributed by atoms with Crippen molar-refractivity contribution in [3.8, 4) is 0 Å². The van der Waals surface area contributed by atoms with E-state index in [4.69, 9.17) is 27.9 Å². The first-order valence-corrected chi connectivity index (χ1v) is 9.11. The number of halogens is 3. The third-order valence-corrected chi connectivity index (χ3v) is 5.94. The molecule has 1 saturated heterocycles. The van der Waals surface area contributed by atoms with Crippen LogP contribution in [0.2, 0.25) is 10.0 Å². The van der Waals surface area contributed by atoms with Crippen molar-refractivity contribution in [3.05, 3.63) is 26.7 Å². The summed E-state index contributed by atoms with van der Waals surface area (Å²) in [5, 5.41) is 0.189. The molecule has 0 spiro atoms. The van der Waals surface area contributed by atoms with E-state index in [-0.39, 0.29) is 27.1 Å². The summed E-state index contributed by atoms with van der Waals surface area (Å²) in [5.41, 5.74) is 0. The Balaban J connectivity index is 2.27. The maximum absolute atomic E-state index is 12.4. The van der Waals surface area contributed by atoms with Crippen molar-refractivity contribution in [2.24, 2.45) is 0 Å². The molecule has 20 heavy (non-hydrogen) atoms. The zero-order chi connectivity index (χ0) is 14.9. The molecule has 1 aliphatic rings. The number of sulfonamides is 1. The van der Waals surface area contributed by atoms with E-state index >= 15 is 0 Å². The molecular weight excluding hydrogens is 389 g/mol. The average Bonchev–Trinajstić information content (AvgIpc) is 2.25. The van der Waals surface area contributed by atoms with Crippen molar-refractivity contribution < 1.29 is 13.2 Å². The van der Waals surface area contributed by atoms with E-state index in [1.165, 1.54) is 12.1 Å². The number of hydrogen-bond donors (Lipinski definition) is 1. The van der Waals surface area contributed by atoms with E-state index in [1.54, 1.807) is 0 Å². The summed E-state index contributed by atoms with van der Waals surface area (Å²) in [6.45, 7) is 2.45. The Hall–Kier alpha value is 0.150. The molecule has 1 aromatic carbocycles. The van der Waals surface area contributed by atoms with Gasteiger partial charge in [0, 0.05) is 17.1 Å². The smallest absolute Gasteiger partial charge is 0.243 e. The summed E-state index contributed by atoms with van der Waals surface area (Å²) in [6, 6.07) is 2.85. The first kappa shape index (κ1) is 16.5. The zero-order valence-electron chi connectivity index (χ0n) is 10.7. The Morgan fingerprint density at radius 3 is 2.50 bits per heavy atom. The number of rotatable bonds is 3. The first-order chi connectivity index (χ1) is 9.29. The fraction of sp³-hybridized carbons (Fsp3) is 0.500. The number of hydrogen-bond acceptors (Lipinski definition) is 3. The van der Waals surface area contributed by atoms with Crippen LogP contribution in [-0.2, 0) is 14.8 Å². The van der Waals surface area contributed by atoms with Crippen LogP contribution < -0.4 is 4.72 Å². The topological polar surface area (TPSA) is 55.4 Å². The van der Waals surface area contributed by atoms with Gasteiger partial charge in [0.25, 0.3) is 0 Å². The lowest BCUT2D eigenvalue weighted by Crippen LogP contribution is -2.41. The van der Waals surface area contributed by atoms with Crippen LogP contribution >= 0.6 is 39.1 Å². The highest BCUT2D eigenvalue weighted by atomic mass is 79.9. The molecular formula is C12H14BrCl2NO3S. The molecule has 0 aromatic heterocycles. The van der Waals surface area contributed by atoms with Crippen molar-refractivity contribution in [1.82, 2.24) is 4.72 Å². The summed E-state index contributed by atoms with van der Waals surface area (Å²) >= 11 is 15.2. The van der Waals surface area contributed by atoms with Crippen LogP contribution in [0.1, 0.15) is 19.8 Å². The van der Waals surface area contributed by atoms with E-state index in [1.807, 2.05) is 6.92 Å². The van der Waals surface area contributed by atoms with Crippen LogP contribution in [-0.4, -0.2) is 27.2 Å². The second-order valence-corrected chi connectivity index (χ2v) is 8.10. The number of nitrogens with one attached hydrogen (secondary N) is 1. The molecule has 0 bridgehead atoms. The maximum Gasteiger partial charge on any atom is 0.243 e. The van der Waals surface area contributed by atoms with E-state index in [2.05, 4.69) is 20.7 Å². The standard InChI is InChI=1S/C12H14BrCl2NO3S/c1-7-4-9(2-3-19-7)16-20(17,18)12-10(14)5-8(13)6-11(12)15/h5-7,9,16H,2-4H2,1H3. The Bertz CT molecular complexity index is 586. The van der Waals surface area contributed by atoms with Crippen LogP contribution in [0.5, 0.6) is 0 Å². The molecule has 0 amide bonds. The van der Waals surface area contributed by atoms with Gasteiger partial charge in [0.05, 0.1) is 16.1 Å². The van der Waals surface area contributed by atoms with E-state index in [0.717, 1.165) is 0 Å². The molecule has 1 aliphatic heterocycles. The highest BCUT2D eigenvalue weighted by molar-refractivity contribution is 9.10. The Labute approximate surface area is 137 Å². The van der Waals surface area contributed by atoms with Gasteiger partial charge in [-0.3, -0.25) is 0 Å². The summed E-state index contributed by atoms with van der Waals surface area (Å²) in [5.74, 6) is 0. The van der Waals surface area contributed by atoms with E-state index in [9.17, 15) is 8.42 Å². The number of ether oxygens (including phenoxy) is 1. The molecule has 8 heteroatoms. The molecule has 1 N–H and O–H groups in total. The highest BCUT2D eigenvalue weighted by Gasteiger charge is 2.28. The molecule has 2 unspecified atom stereocenters. The summed E-state index contributed by atoms with van der Waals surface area (Å²) in [4.78, 5) is -0.0804. The monoisotopic (exact) mass is 401 g/mol. The van der Waals surface area contributed by atoms with Crippen molar-refractivity contribution in [2.45, 2.75) is 36.8 Å². The van der Waals surface area contributed by atoms with Gasteiger partial charge in [0.15, 0.2) is 0 Å². The lowest BCUT2D eigenvalue weighted by Gasteiger charge is -2.28. The summed E-state index contributed by atoms with van der Waals surface area (Å²) in [7, 11) is -3.75. The second-order valence-electron chi connectivity index (χ2n) is 4.72. The quantitative estimate of drug-likeness (QED) is 0.840. The van der Waals surface area contributed by atoms with Crippen molar-refractivity contribution in [1.29, 1.82) is 0 Å². The summed E-state index contributed by atoms with van der Waals surface area (Å²) < 4.78 is 33.5. The largest absolute Gasteiger partial charge is 0.378 e. The minimum absolute atomic E-state index is 0.0345. The molecule has 0 saturated carbocycles. The maximum atomic E-state index is 12.4. The third kappa shape index (κ3) is 3.87. The molecule has 1 aromatic rings. The first-order valence-electron chi connectivity index (χ1n) is 6.08. The van der Waals surface area contributed by atoms with Gasteiger partial charge >= 0.3 is 0 Å². The van der Waals surface area contributed by atoms with Crippen LogP contribution in [0.3, 0.4) is 0 Å². The molecule has 4 nitrogen and oxygen atoms in total. The third-order valence-electron chi connectivity index (χ3n) is 3.04. The lowest BCUT2D eigenvalue weighted by atomic mass is 10.1. The predicted molar refractivity (Wildman–Crippen MR) is 82.9 cm³/mol. The Kier molecular flexibility index (Phi) is 5.37. The van der Waals surface area contributed by atoms with Crippen LogP contribution in [0, 0.1) is 0 Å². The van der Waals surface area contributed by atoms with Crippen molar-refractivity contribution in [2.75, 3.05) is 6.61 Å². The van der Waals surface area contributed by atoms with Gasteiger partial charge in [-0.25, -0.2) is 13.1 Å².